The van der Waals surface area contributed by atoms with E-state index < -0.39 is 32.5 Å². The zero-order valence-corrected chi connectivity index (χ0v) is 37.5. The van der Waals surface area contributed by atoms with Gasteiger partial charge in [0.05, 0.1) is 13.2 Å². The van der Waals surface area contributed by atoms with Gasteiger partial charge in [0.25, 0.3) is 0 Å². The maximum atomic E-state index is 12.6. The van der Waals surface area contributed by atoms with Crippen molar-refractivity contribution in [2.75, 3.05) is 26.4 Å². The highest BCUT2D eigenvalue weighted by Gasteiger charge is 2.26. The first-order valence-corrected chi connectivity index (χ1v) is 24.6. The molecule has 0 aromatic carbocycles. The smallest absolute Gasteiger partial charge is 0.462 e. The molecule has 0 aromatic rings. The van der Waals surface area contributed by atoms with Gasteiger partial charge >= 0.3 is 19.8 Å². The van der Waals surface area contributed by atoms with Crippen LogP contribution in [0.4, 0.5) is 0 Å². The minimum Gasteiger partial charge on any atom is -0.462 e. The molecule has 0 aromatic heterocycles. The van der Waals surface area contributed by atoms with E-state index in [4.69, 9.17) is 24.3 Å². The van der Waals surface area contributed by atoms with E-state index in [0.717, 1.165) is 57.8 Å². The Morgan fingerprint density at radius 1 is 0.544 bits per heavy atom. The average Bonchev–Trinajstić information content (AvgIpc) is 3.20. The Bertz CT molecular complexity index is 1080. The highest BCUT2D eigenvalue weighted by molar-refractivity contribution is 7.47. The molecule has 0 saturated heterocycles. The molecule has 0 aliphatic carbocycles. The number of esters is 2. The number of hydrogen-bond donors (Lipinski definition) is 2. The van der Waals surface area contributed by atoms with Crippen LogP contribution >= 0.6 is 7.82 Å². The zero-order chi connectivity index (χ0) is 41.8. The molecule has 10 heteroatoms. The van der Waals surface area contributed by atoms with Gasteiger partial charge in [0.2, 0.25) is 0 Å². The average molecular weight is 824 g/mol. The van der Waals surface area contributed by atoms with E-state index in [0.29, 0.717) is 6.42 Å². The Hall–Kier alpha value is -2.03. The summed E-state index contributed by atoms with van der Waals surface area (Å²) in [7, 11) is -4.39. The second-order valence-electron chi connectivity index (χ2n) is 15.2. The van der Waals surface area contributed by atoms with Gasteiger partial charge in [-0.05, 0) is 51.4 Å². The molecule has 0 aliphatic heterocycles. The molecule has 0 aliphatic rings. The minimum absolute atomic E-state index is 0.0460. The third-order valence-corrected chi connectivity index (χ3v) is 10.7. The van der Waals surface area contributed by atoms with Crippen LogP contribution in [0, 0.1) is 0 Å². The Morgan fingerprint density at radius 2 is 0.965 bits per heavy atom. The maximum Gasteiger partial charge on any atom is 0.472 e. The first-order valence-electron chi connectivity index (χ1n) is 23.1. The molecule has 57 heavy (non-hydrogen) atoms. The van der Waals surface area contributed by atoms with Crippen molar-refractivity contribution in [3.05, 3.63) is 48.6 Å². The number of phosphoric acid groups is 1. The number of nitrogens with two attached hydrogens (primary N) is 1. The summed E-state index contributed by atoms with van der Waals surface area (Å²) in [5, 5.41) is 0. The van der Waals surface area contributed by atoms with E-state index >= 15 is 0 Å². The maximum absolute atomic E-state index is 12.6. The second-order valence-corrected chi connectivity index (χ2v) is 16.7. The van der Waals surface area contributed by atoms with Crippen molar-refractivity contribution in [2.24, 2.45) is 5.73 Å². The van der Waals surface area contributed by atoms with E-state index in [1.807, 2.05) is 0 Å². The summed E-state index contributed by atoms with van der Waals surface area (Å²) in [6.45, 7) is 3.59. The van der Waals surface area contributed by atoms with Gasteiger partial charge in [-0.2, -0.15) is 0 Å². The lowest BCUT2D eigenvalue weighted by Gasteiger charge is -2.19. The third-order valence-electron chi connectivity index (χ3n) is 9.73. The van der Waals surface area contributed by atoms with Gasteiger partial charge in [-0.3, -0.25) is 18.6 Å². The van der Waals surface area contributed by atoms with Crippen molar-refractivity contribution < 1.29 is 37.6 Å². The van der Waals surface area contributed by atoms with Crippen LogP contribution in [0.2, 0.25) is 0 Å². The summed E-state index contributed by atoms with van der Waals surface area (Å²) in [6.07, 6.45) is 50.1. The third kappa shape index (κ3) is 43.4. The van der Waals surface area contributed by atoms with Crippen LogP contribution in [0.25, 0.3) is 0 Å². The van der Waals surface area contributed by atoms with Crippen molar-refractivity contribution >= 4 is 19.8 Å². The predicted octanol–water partition coefficient (Wildman–Crippen LogP) is 13.5. The molecule has 332 valence electrons. The van der Waals surface area contributed by atoms with Gasteiger partial charge in [0, 0.05) is 19.4 Å². The fourth-order valence-electron chi connectivity index (χ4n) is 6.33. The summed E-state index contributed by atoms with van der Waals surface area (Å²) in [6, 6.07) is 0. The Morgan fingerprint density at radius 3 is 1.44 bits per heavy atom. The normalized spacial score (nSPS) is 13.7. The summed E-state index contributed by atoms with van der Waals surface area (Å²) >= 11 is 0. The summed E-state index contributed by atoms with van der Waals surface area (Å²) < 4.78 is 32.8. The van der Waals surface area contributed by atoms with Gasteiger partial charge in [-0.1, -0.05) is 191 Å². The van der Waals surface area contributed by atoms with Gasteiger partial charge in [0.1, 0.15) is 6.61 Å². The van der Waals surface area contributed by atoms with Crippen molar-refractivity contribution in [1.82, 2.24) is 0 Å². The van der Waals surface area contributed by atoms with Crippen molar-refractivity contribution in [3.63, 3.8) is 0 Å². The predicted molar refractivity (Wildman–Crippen MR) is 238 cm³/mol. The van der Waals surface area contributed by atoms with Gasteiger partial charge in [0.15, 0.2) is 6.10 Å². The monoisotopic (exact) mass is 824 g/mol. The fourth-order valence-corrected chi connectivity index (χ4v) is 7.10. The molecule has 3 N–H and O–H groups in total. The number of rotatable bonds is 43. The largest absolute Gasteiger partial charge is 0.472 e. The number of carbonyl (C=O) groups excluding carboxylic acids is 2. The number of ether oxygens (including phenoxy) is 2. The molecular weight excluding hydrogens is 737 g/mol. The van der Waals surface area contributed by atoms with E-state index in [2.05, 4.69) is 62.5 Å². The summed E-state index contributed by atoms with van der Waals surface area (Å²) in [4.78, 5) is 34.9. The molecule has 0 bridgehead atoms. The highest BCUT2D eigenvalue weighted by atomic mass is 31.2. The van der Waals surface area contributed by atoms with E-state index in [1.54, 1.807) is 0 Å². The SMILES string of the molecule is CC/C=C\C/C=C\C/C=C\C/C=C\CCCCC(=O)O[C@H](COC(=O)CCCCCCCCCCCCCCCCCCCCCCC)COP(=O)(O)OCCN. The molecule has 0 spiro atoms. The van der Waals surface area contributed by atoms with Crippen molar-refractivity contribution in [3.8, 4) is 0 Å². The number of allylic oxidation sites excluding steroid dienone is 8. The molecule has 0 rings (SSSR count). The number of hydrogen-bond acceptors (Lipinski definition) is 8. The molecule has 2 atom stereocenters. The van der Waals surface area contributed by atoms with Crippen LogP contribution in [0.3, 0.4) is 0 Å². The van der Waals surface area contributed by atoms with Crippen LogP contribution < -0.4 is 5.73 Å². The van der Waals surface area contributed by atoms with Crippen molar-refractivity contribution in [2.45, 2.75) is 213 Å². The van der Waals surface area contributed by atoms with E-state index in [9.17, 15) is 19.0 Å². The molecule has 0 amide bonds. The van der Waals surface area contributed by atoms with Crippen molar-refractivity contribution in [1.29, 1.82) is 0 Å². The van der Waals surface area contributed by atoms with E-state index in [-0.39, 0.29) is 32.6 Å². The molecule has 0 radical (unpaired) electrons. The number of carbonyl (C=O) groups is 2. The molecule has 9 nitrogen and oxygen atoms in total. The number of phosphoric ester groups is 1. The lowest BCUT2D eigenvalue weighted by molar-refractivity contribution is -0.161. The molecular formula is C47H86NO8P. The molecule has 0 saturated carbocycles. The van der Waals surface area contributed by atoms with E-state index in [1.165, 1.54) is 116 Å². The van der Waals surface area contributed by atoms with Crippen LogP contribution in [0.1, 0.15) is 206 Å². The standard InChI is InChI=1S/C47H86NO8P/c1-3-5-7-9-11-13-15-17-19-20-21-22-23-24-26-27-29-31-33-35-37-39-46(49)53-43-45(44-55-57(51,52)54-42-41-48)56-47(50)40-38-36-34-32-30-28-25-18-16-14-12-10-8-6-4-2/h6,8,12,14,18,25,30,32,45H,3-5,7,9-11,13,15-17,19-24,26-29,31,33-44,48H2,1-2H3,(H,51,52)/b8-6-,14-12-,25-18-,32-30-/t45-/m1/s1. The minimum atomic E-state index is -4.39. The van der Waals surface area contributed by atoms with Gasteiger partial charge in [-0.15, -0.1) is 0 Å². The Kier molecular flexibility index (Phi) is 42.0. The Labute approximate surface area is 349 Å². The van der Waals surface area contributed by atoms with Gasteiger partial charge in [-0.25, -0.2) is 4.57 Å². The first kappa shape index (κ1) is 55.0. The molecule has 0 heterocycles. The fraction of sp³-hybridized carbons (Fsp3) is 0.787. The van der Waals surface area contributed by atoms with Crippen LogP contribution in [-0.4, -0.2) is 49.3 Å². The quantitative estimate of drug-likeness (QED) is 0.0267. The second kappa shape index (κ2) is 43.5. The summed E-state index contributed by atoms with van der Waals surface area (Å²) in [5.41, 5.74) is 5.35. The number of unbranched alkanes of at least 4 members (excludes halogenated alkanes) is 22. The lowest BCUT2D eigenvalue weighted by Crippen LogP contribution is -2.29. The first-order chi connectivity index (χ1) is 27.8. The van der Waals surface area contributed by atoms with Crippen LogP contribution in [0.5, 0.6) is 0 Å². The highest BCUT2D eigenvalue weighted by Crippen LogP contribution is 2.43. The zero-order valence-electron chi connectivity index (χ0n) is 36.6. The summed E-state index contributed by atoms with van der Waals surface area (Å²) in [5.74, 6) is -0.872. The van der Waals surface area contributed by atoms with Crippen LogP contribution in [-0.2, 0) is 32.7 Å². The van der Waals surface area contributed by atoms with Gasteiger partial charge < -0.3 is 20.1 Å². The van der Waals surface area contributed by atoms with Crippen LogP contribution in [0.15, 0.2) is 48.6 Å². The molecule has 1 unspecified atom stereocenters. The Balaban J connectivity index is 4.10. The lowest BCUT2D eigenvalue weighted by atomic mass is 10.0. The topological polar surface area (TPSA) is 134 Å². The molecule has 0 fully saturated rings.